The smallest absolute Gasteiger partial charge is 0.0485 e. The fraction of sp³-hybridized carbons (Fsp3) is 0.529. The first-order valence-corrected chi connectivity index (χ1v) is 7.44. The lowest BCUT2D eigenvalue weighted by molar-refractivity contribution is 0.645. The first-order valence-electron chi connectivity index (χ1n) is 7.44. The Hall–Kier alpha value is -1.28. The zero-order chi connectivity index (χ0) is 13.4. The van der Waals surface area contributed by atoms with Crippen LogP contribution in [0, 0.1) is 13.8 Å². The Morgan fingerprint density at radius 3 is 2.79 bits per heavy atom. The maximum absolute atomic E-state index is 3.60. The van der Waals surface area contributed by atoms with E-state index >= 15 is 0 Å². The fourth-order valence-electron chi connectivity index (χ4n) is 2.93. The summed E-state index contributed by atoms with van der Waals surface area (Å²) in [4.78, 5) is 0. The number of hydrogen-bond donors (Lipinski definition) is 1. The number of aryl methyl sites for hydroxylation is 3. The van der Waals surface area contributed by atoms with E-state index in [1.165, 1.54) is 53.4 Å². The van der Waals surface area contributed by atoms with Crippen molar-refractivity contribution in [1.29, 1.82) is 0 Å². The van der Waals surface area contributed by atoms with Gasteiger partial charge in [-0.3, -0.25) is 0 Å². The van der Waals surface area contributed by atoms with Gasteiger partial charge in [-0.05, 0) is 63.3 Å². The second-order valence-corrected chi connectivity index (χ2v) is 5.98. The average Bonchev–Trinajstić information content (AvgIpc) is 3.18. The van der Waals surface area contributed by atoms with Crippen molar-refractivity contribution in [2.24, 2.45) is 7.05 Å². The van der Waals surface area contributed by atoms with Crippen molar-refractivity contribution in [3.8, 4) is 0 Å². The maximum atomic E-state index is 3.60. The third kappa shape index (κ3) is 2.55. The predicted molar refractivity (Wildman–Crippen MR) is 81.7 cm³/mol. The van der Waals surface area contributed by atoms with Crippen molar-refractivity contribution < 1.29 is 0 Å². The van der Waals surface area contributed by atoms with Crippen LogP contribution in [0.2, 0.25) is 0 Å². The Kier molecular flexibility index (Phi) is 3.36. The molecule has 0 saturated heterocycles. The summed E-state index contributed by atoms with van der Waals surface area (Å²) in [6, 6.07) is 7.65. The first kappa shape index (κ1) is 12.7. The molecule has 102 valence electrons. The summed E-state index contributed by atoms with van der Waals surface area (Å²) in [7, 11) is 2.18. The van der Waals surface area contributed by atoms with Gasteiger partial charge in [0.1, 0.15) is 0 Å². The number of fused-ring (bicyclic) bond motifs is 1. The van der Waals surface area contributed by atoms with Gasteiger partial charge in [0.05, 0.1) is 0 Å². The molecular weight excluding hydrogens is 232 g/mol. The molecule has 0 bridgehead atoms. The molecule has 1 N–H and O–H groups in total. The van der Waals surface area contributed by atoms with Gasteiger partial charge < -0.3 is 9.88 Å². The van der Waals surface area contributed by atoms with Crippen molar-refractivity contribution >= 4 is 10.9 Å². The van der Waals surface area contributed by atoms with Crippen LogP contribution >= 0.6 is 0 Å². The summed E-state index contributed by atoms with van der Waals surface area (Å²) in [6.07, 6.45) is 5.19. The van der Waals surface area contributed by atoms with E-state index in [0.717, 1.165) is 12.6 Å². The van der Waals surface area contributed by atoms with Crippen LogP contribution in [0.25, 0.3) is 10.9 Å². The van der Waals surface area contributed by atoms with Gasteiger partial charge in [0.2, 0.25) is 0 Å². The Balaban J connectivity index is 1.79. The minimum atomic E-state index is 0.830. The number of aromatic nitrogens is 1. The lowest BCUT2D eigenvalue weighted by Crippen LogP contribution is -2.17. The quantitative estimate of drug-likeness (QED) is 0.810. The maximum Gasteiger partial charge on any atom is 0.0485 e. The molecule has 0 amide bonds. The first-order chi connectivity index (χ1) is 9.16. The van der Waals surface area contributed by atoms with E-state index in [4.69, 9.17) is 0 Å². The Bertz CT molecular complexity index is 591. The van der Waals surface area contributed by atoms with Gasteiger partial charge in [-0.1, -0.05) is 12.1 Å². The largest absolute Gasteiger partial charge is 0.348 e. The topological polar surface area (TPSA) is 17.0 Å². The molecular formula is C17H24N2. The highest BCUT2D eigenvalue weighted by molar-refractivity contribution is 5.86. The van der Waals surface area contributed by atoms with Gasteiger partial charge in [0, 0.05) is 29.7 Å². The number of nitrogens with zero attached hydrogens (tertiary/aromatic N) is 1. The summed E-state index contributed by atoms with van der Waals surface area (Å²) in [6.45, 7) is 5.58. The number of benzene rings is 1. The monoisotopic (exact) mass is 256 g/mol. The molecule has 2 heteroatoms. The molecule has 0 unspecified atom stereocenters. The van der Waals surface area contributed by atoms with Gasteiger partial charge in [-0.15, -0.1) is 0 Å². The van der Waals surface area contributed by atoms with Gasteiger partial charge in [0.25, 0.3) is 0 Å². The molecule has 1 heterocycles. The van der Waals surface area contributed by atoms with Gasteiger partial charge >= 0.3 is 0 Å². The van der Waals surface area contributed by atoms with Crippen LogP contribution in [-0.4, -0.2) is 17.2 Å². The minimum absolute atomic E-state index is 0.830. The van der Waals surface area contributed by atoms with Crippen LogP contribution in [0.4, 0.5) is 0 Å². The van der Waals surface area contributed by atoms with Crippen LogP contribution in [0.5, 0.6) is 0 Å². The zero-order valence-electron chi connectivity index (χ0n) is 12.3. The molecule has 2 aromatic rings. The van der Waals surface area contributed by atoms with Crippen molar-refractivity contribution in [2.75, 3.05) is 6.54 Å². The molecule has 1 aromatic heterocycles. The molecule has 2 nitrogen and oxygen atoms in total. The Morgan fingerprint density at radius 2 is 2.05 bits per heavy atom. The summed E-state index contributed by atoms with van der Waals surface area (Å²) >= 11 is 0. The van der Waals surface area contributed by atoms with Crippen molar-refractivity contribution in [3.05, 3.63) is 35.0 Å². The molecule has 1 saturated carbocycles. The highest BCUT2D eigenvalue weighted by Crippen LogP contribution is 2.27. The van der Waals surface area contributed by atoms with E-state index in [9.17, 15) is 0 Å². The molecule has 1 aromatic carbocycles. The van der Waals surface area contributed by atoms with Crippen molar-refractivity contribution in [1.82, 2.24) is 9.88 Å². The van der Waals surface area contributed by atoms with Crippen LogP contribution in [0.3, 0.4) is 0 Å². The van der Waals surface area contributed by atoms with Crippen LogP contribution in [0.15, 0.2) is 18.2 Å². The third-order valence-electron chi connectivity index (χ3n) is 4.39. The van der Waals surface area contributed by atoms with Gasteiger partial charge in [0.15, 0.2) is 0 Å². The number of hydrogen-bond acceptors (Lipinski definition) is 1. The van der Waals surface area contributed by atoms with E-state index in [-0.39, 0.29) is 0 Å². The molecule has 1 fully saturated rings. The molecule has 19 heavy (non-hydrogen) atoms. The molecule has 0 aliphatic heterocycles. The number of nitrogens with one attached hydrogen (secondary N) is 1. The molecule has 0 radical (unpaired) electrons. The summed E-state index contributed by atoms with van der Waals surface area (Å²) < 4.78 is 2.34. The Labute approximate surface area is 115 Å². The highest BCUT2D eigenvalue weighted by Gasteiger charge is 2.19. The van der Waals surface area contributed by atoms with E-state index in [1.807, 2.05) is 0 Å². The molecule has 0 spiro atoms. The summed E-state index contributed by atoms with van der Waals surface area (Å²) in [5.41, 5.74) is 5.68. The van der Waals surface area contributed by atoms with Crippen LogP contribution in [-0.2, 0) is 13.5 Å². The zero-order valence-corrected chi connectivity index (χ0v) is 12.3. The van der Waals surface area contributed by atoms with E-state index in [2.05, 4.69) is 49.0 Å². The predicted octanol–water partition coefficient (Wildman–Crippen LogP) is 3.48. The number of rotatable bonds is 5. The van der Waals surface area contributed by atoms with E-state index in [1.54, 1.807) is 0 Å². The minimum Gasteiger partial charge on any atom is -0.348 e. The van der Waals surface area contributed by atoms with Crippen molar-refractivity contribution in [3.63, 3.8) is 0 Å². The Morgan fingerprint density at radius 1 is 1.26 bits per heavy atom. The summed E-state index contributed by atoms with van der Waals surface area (Å²) in [5.74, 6) is 0. The standard InChI is InChI=1S/C17H24N2/c1-12-6-9-16-15(5-4-10-18-14-7-8-14)13(2)19(3)17(16)11-12/h6,9,11,14,18H,4-5,7-8,10H2,1-3H3. The molecule has 3 rings (SSSR count). The van der Waals surface area contributed by atoms with E-state index < -0.39 is 0 Å². The van der Waals surface area contributed by atoms with Crippen LogP contribution in [0.1, 0.15) is 36.1 Å². The summed E-state index contributed by atoms with van der Waals surface area (Å²) in [5, 5.41) is 5.05. The highest BCUT2D eigenvalue weighted by atomic mass is 15.0. The van der Waals surface area contributed by atoms with Crippen LogP contribution < -0.4 is 5.32 Å². The third-order valence-corrected chi connectivity index (χ3v) is 4.39. The average molecular weight is 256 g/mol. The second kappa shape index (κ2) is 5.01. The lowest BCUT2D eigenvalue weighted by Gasteiger charge is -2.04. The van der Waals surface area contributed by atoms with Crippen molar-refractivity contribution in [2.45, 2.75) is 45.6 Å². The lowest BCUT2D eigenvalue weighted by atomic mass is 10.0. The fourth-order valence-corrected chi connectivity index (χ4v) is 2.93. The molecule has 1 aliphatic carbocycles. The van der Waals surface area contributed by atoms with E-state index in [0.29, 0.717) is 0 Å². The molecule has 1 aliphatic rings. The van der Waals surface area contributed by atoms with Gasteiger partial charge in [-0.25, -0.2) is 0 Å². The van der Waals surface area contributed by atoms with Gasteiger partial charge in [-0.2, -0.15) is 0 Å². The SMILES string of the molecule is Cc1ccc2c(CCCNC3CC3)c(C)n(C)c2c1. The molecule has 0 atom stereocenters. The second-order valence-electron chi connectivity index (χ2n) is 5.98. The normalized spacial score (nSPS) is 15.3.